The number of nitrogens with zero attached hydrogens (tertiary/aromatic N) is 2. The summed E-state index contributed by atoms with van der Waals surface area (Å²) in [5.74, 6) is 0. The van der Waals surface area contributed by atoms with Gasteiger partial charge in [0.25, 0.3) is 0 Å². The van der Waals surface area contributed by atoms with Crippen LogP contribution >= 0.6 is 0 Å². The van der Waals surface area contributed by atoms with Gasteiger partial charge in [0.1, 0.15) is 0 Å². The molecule has 0 unspecified atom stereocenters. The zero-order valence-electron chi connectivity index (χ0n) is 6.35. The minimum absolute atomic E-state index is 0.163. The van der Waals surface area contributed by atoms with E-state index >= 15 is 0 Å². The number of imidazole rings is 1. The average molecular weight is 152 g/mol. The lowest BCUT2D eigenvalue weighted by Crippen LogP contribution is -2.16. The number of hydrogen-bond donors (Lipinski definition) is 1. The van der Waals surface area contributed by atoms with Crippen LogP contribution in [0.15, 0.2) is 18.7 Å². The van der Waals surface area contributed by atoms with Crippen LogP contribution in [0.4, 0.5) is 0 Å². The van der Waals surface area contributed by atoms with Gasteiger partial charge in [-0.3, -0.25) is 0 Å². The first kappa shape index (κ1) is 6.85. The number of aliphatic hydroxyl groups excluding tert-OH is 1. The minimum atomic E-state index is -0.163. The fourth-order valence-corrected chi connectivity index (χ4v) is 1.73. The van der Waals surface area contributed by atoms with E-state index in [-0.39, 0.29) is 12.1 Å². The van der Waals surface area contributed by atoms with Crippen molar-refractivity contribution in [1.82, 2.24) is 9.55 Å². The summed E-state index contributed by atoms with van der Waals surface area (Å²) < 4.78 is 2.00. The fourth-order valence-electron chi connectivity index (χ4n) is 1.73. The lowest BCUT2D eigenvalue weighted by Gasteiger charge is -2.14. The molecule has 0 aromatic carbocycles. The Morgan fingerprint density at radius 1 is 1.45 bits per heavy atom. The third kappa shape index (κ3) is 1.16. The molecular weight excluding hydrogens is 140 g/mol. The predicted molar refractivity (Wildman–Crippen MR) is 41.1 cm³/mol. The van der Waals surface area contributed by atoms with E-state index in [4.69, 9.17) is 0 Å². The summed E-state index contributed by atoms with van der Waals surface area (Å²) in [6, 6.07) is 0.275. The van der Waals surface area contributed by atoms with Crippen LogP contribution < -0.4 is 0 Å². The standard InChI is InChI=1S/C8H12N2O/c11-8-3-1-2-7(8)10-5-4-9-6-10/h4-8,11H,1-3H2/t7-,8-/m1/s1. The normalized spacial score (nSPS) is 31.0. The van der Waals surface area contributed by atoms with Crippen molar-refractivity contribution in [3.63, 3.8) is 0 Å². The van der Waals surface area contributed by atoms with Crippen molar-refractivity contribution in [2.45, 2.75) is 31.4 Å². The summed E-state index contributed by atoms with van der Waals surface area (Å²) in [6.45, 7) is 0. The number of aromatic nitrogens is 2. The van der Waals surface area contributed by atoms with Crippen LogP contribution in [0.25, 0.3) is 0 Å². The molecule has 1 aliphatic carbocycles. The summed E-state index contributed by atoms with van der Waals surface area (Å²) >= 11 is 0. The van der Waals surface area contributed by atoms with Gasteiger partial charge < -0.3 is 9.67 Å². The van der Waals surface area contributed by atoms with Crippen molar-refractivity contribution in [3.05, 3.63) is 18.7 Å². The molecular formula is C8H12N2O. The van der Waals surface area contributed by atoms with Crippen molar-refractivity contribution in [3.8, 4) is 0 Å². The van der Waals surface area contributed by atoms with Crippen LogP contribution in [0.2, 0.25) is 0 Å². The van der Waals surface area contributed by atoms with E-state index in [1.54, 1.807) is 12.5 Å². The van der Waals surface area contributed by atoms with Gasteiger partial charge in [0.15, 0.2) is 0 Å². The van der Waals surface area contributed by atoms with Gasteiger partial charge in [-0.05, 0) is 19.3 Å². The molecule has 1 N–H and O–H groups in total. The highest BCUT2D eigenvalue weighted by molar-refractivity contribution is 4.87. The van der Waals surface area contributed by atoms with Gasteiger partial charge in [0.2, 0.25) is 0 Å². The summed E-state index contributed by atoms with van der Waals surface area (Å²) in [5, 5.41) is 9.51. The highest BCUT2D eigenvalue weighted by atomic mass is 16.3. The maximum atomic E-state index is 9.51. The summed E-state index contributed by atoms with van der Waals surface area (Å²) in [4.78, 5) is 3.95. The van der Waals surface area contributed by atoms with Crippen LogP contribution in [-0.4, -0.2) is 20.8 Å². The Balaban J connectivity index is 2.16. The molecule has 1 fully saturated rings. The molecule has 1 aliphatic rings. The summed E-state index contributed by atoms with van der Waals surface area (Å²) in [5.41, 5.74) is 0. The molecule has 0 amide bonds. The third-order valence-corrected chi connectivity index (χ3v) is 2.35. The first-order valence-corrected chi connectivity index (χ1v) is 4.03. The topological polar surface area (TPSA) is 38.0 Å². The molecule has 2 rings (SSSR count). The number of rotatable bonds is 1. The molecule has 2 atom stereocenters. The quantitative estimate of drug-likeness (QED) is 0.651. The van der Waals surface area contributed by atoms with Crippen molar-refractivity contribution in [2.24, 2.45) is 0 Å². The second-order valence-electron chi connectivity index (χ2n) is 3.08. The van der Waals surface area contributed by atoms with Gasteiger partial charge in [-0.2, -0.15) is 0 Å². The van der Waals surface area contributed by atoms with Crippen LogP contribution in [0.5, 0.6) is 0 Å². The zero-order chi connectivity index (χ0) is 7.68. The van der Waals surface area contributed by atoms with E-state index < -0.39 is 0 Å². The highest BCUT2D eigenvalue weighted by Gasteiger charge is 2.25. The monoisotopic (exact) mass is 152 g/mol. The van der Waals surface area contributed by atoms with E-state index in [9.17, 15) is 5.11 Å². The van der Waals surface area contributed by atoms with E-state index in [1.807, 2.05) is 10.8 Å². The van der Waals surface area contributed by atoms with Gasteiger partial charge in [-0.1, -0.05) is 0 Å². The van der Waals surface area contributed by atoms with Crippen LogP contribution in [0.1, 0.15) is 25.3 Å². The fraction of sp³-hybridized carbons (Fsp3) is 0.625. The molecule has 3 heteroatoms. The molecule has 1 aromatic rings. The second-order valence-corrected chi connectivity index (χ2v) is 3.08. The molecule has 0 radical (unpaired) electrons. The van der Waals surface area contributed by atoms with Crippen LogP contribution in [0.3, 0.4) is 0 Å². The third-order valence-electron chi connectivity index (χ3n) is 2.35. The smallest absolute Gasteiger partial charge is 0.0949 e. The molecule has 0 bridgehead atoms. The molecule has 11 heavy (non-hydrogen) atoms. The van der Waals surface area contributed by atoms with Gasteiger partial charge in [0.05, 0.1) is 18.5 Å². The highest BCUT2D eigenvalue weighted by Crippen LogP contribution is 2.29. The van der Waals surface area contributed by atoms with Crippen molar-refractivity contribution >= 4 is 0 Å². The Labute approximate surface area is 65.7 Å². The first-order chi connectivity index (χ1) is 5.38. The molecule has 60 valence electrons. The van der Waals surface area contributed by atoms with Gasteiger partial charge in [-0.15, -0.1) is 0 Å². The Morgan fingerprint density at radius 3 is 2.91 bits per heavy atom. The molecule has 1 aromatic heterocycles. The number of aliphatic hydroxyl groups is 1. The SMILES string of the molecule is O[C@@H]1CCC[C@H]1n1ccnc1. The van der Waals surface area contributed by atoms with E-state index in [1.165, 1.54) is 0 Å². The Morgan fingerprint density at radius 2 is 2.36 bits per heavy atom. The molecule has 0 saturated heterocycles. The Hall–Kier alpha value is -0.830. The predicted octanol–water partition coefficient (Wildman–Crippen LogP) is 0.969. The molecule has 1 heterocycles. The Kier molecular flexibility index (Phi) is 1.66. The number of hydrogen-bond acceptors (Lipinski definition) is 2. The van der Waals surface area contributed by atoms with E-state index in [0.29, 0.717) is 0 Å². The van der Waals surface area contributed by atoms with E-state index in [0.717, 1.165) is 19.3 Å². The Bertz CT molecular complexity index is 220. The van der Waals surface area contributed by atoms with Crippen LogP contribution in [-0.2, 0) is 0 Å². The van der Waals surface area contributed by atoms with E-state index in [2.05, 4.69) is 4.98 Å². The van der Waals surface area contributed by atoms with Crippen molar-refractivity contribution in [1.29, 1.82) is 0 Å². The maximum absolute atomic E-state index is 9.51. The lowest BCUT2D eigenvalue weighted by molar-refractivity contribution is 0.136. The molecule has 1 saturated carbocycles. The maximum Gasteiger partial charge on any atom is 0.0949 e. The lowest BCUT2D eigenvalue weighted by atomic mass is 10.2. The van der Waals surface area contributed by atoms with Crippen molar-refractivity contribution in [2.75, 3.05) is 0 Å². The zero-order valence-corrected chi connectivity index (χ0v) is 6.35. The molecule has 3 nitrogen and oxygen atoms in total. The summed E-state index contributed by atoms with van der Waals surface area (Å²) in [7, 11) is 0. The largest absolute Gasteiger partial charge is 0.391 e. The van der Waals surface area contributed by atoms with Gasteiger partial charge in [0, 0.05) is 12.4 Å². The molecule has 0 aliphatic heterocycles. The molecule has 0 spiro atoms. The second kappa shape index (κ2) is 2.66. The van der Waals surface area contributed by atoms with Crippen LogP contribution in [0, 0.1) is 0 Å². The summed E-state index contributed by atoms with van der Waals surface area (Å²) in [6.07, 6.45) is 8.43. The first-order valence-electron chi connectivity index (χ1n) is 4.03. The van der Waals surface area contributed by atoms with Gasteiger partial charge >= 0.3 is 0 Å². The van der Waals surface area contributed by atoms with Gasteiger partial charge in [-0.25, -0.2) is 4.98 Å². The minimum Gasteiger partial charge on any atom is -0.391 e. The average Bonchev–Trinajstić information content (AvgIpc) is 2.55. The van der Waals surface area contributed by atoms with Crippen molar-refractivity contribution < 1.29 is 5.11 Å².